The highest BCUT2D eigenvalue weighted by molar-refractivity contribution is 6.05. The number of esters is 2. The van der Waals surface area contributed by atoms with Crippen molar-refractivity contribution in [2.24, 2.45) is 11.8 Å². The number of amides is 3. The third kappa shape index (κ3) is 8.26. The maximum absolute atomic E-state index is 13.7. The van der Waals surface area contributed by atoms with Crippen LogP contribution in [-0.4, -0.2) is 107 Å². The minimum atomic E-state index is -1.20. The molecule has 1 aliphatic carbocycles. The van der Waals surface area contributed by atoms with Gasteiger partial charge in [-0.05, 0) is 103 Å². The Morgan fingerprint density at radius 1 is 0.948 bits per heavy atom. The molecule has 2 saturated heterocycles. The number of aryl methyl sites for hydroxylation is 1. The van der Waals surface area contributed by atoms with Crippen molar-refractivity contribution in [3.63, 3.8) is 0 Å². The van der Waals surface area contributed by atoms with Crippen LogP contribution in [0.4, 0.5) is 9.59 Å². The molecule has 0 spiro atoms. The number of nitrogens with zero attached hydrogens (tertiary/aromatic N) is 2. The number of rotatable bonds is 9. The second-order valence-electron chi connectivity index (χ2n) is 17.3. The van der Waals surface area contributed by atoms with Crippen molar-refractivity contribution in [2.45, 2.75) is 123 Å². The van der Waals surface area contributed by atoms with Crippen LogP contribution in [0.1, 0.15) is 112 Å². The first-order chi connectivity index (χ1) is 27.3. The summed E-state index contributed by atoms with van der Waals surface area (Å²) in [4.78, 5) is 93.8. The van der Waals surface area contributed by atoms with Gasteiger partial charge in [0, 0.05) is 29.3 Å². The van der Waals surface area contributed by atoms with E-state index in [1.165, 1.54) is 12.0 Å². The number of likely N-dealkylation sites (tertiary alicyclic amines) is 2. The van der Waals surface area contributed by atoms with E-state index in [4.69, 9.17) is 18.9 Å². The molecule has 0 saturated carbocycles. The predicted molar refractivity (Wildman–Crippen MR) is 209 cm³/mol. The van der Waals surface area contributed by atoms with E-state index in [2.05, 4.69) is 5.32 Å². The highest BCUT2D eigenvalue weighted by atomic mass is 16.6. The predicted octanol–water partition coefficient (Wildman–Crippen LogP) is 5.46. The molecule has 312 valence electrons. The summed E-state index contributed by atoms with van der Waals surface area (Å²) in [6.45, 7) is 13.1. The van der Waals surface area contributed by atoms with Gasteiger partial charge in [-0.1, -0.05) is 41.5 Å². The van der Waals surface area contributed by atoms with Crippen LogP contribution in [0, 0.1) is 11.8 Å². The molecule has 3 amide bonds. The summed E-state index contributed by atoms with van der Waals surface area (Å²) in [6, 6.07) is 4.03. The number of carbonyl (C=O) groups excluding carboxylic acids is 6. The van der Waals surface area contributed by atoms with Crippen molar-refractivity contribution < 1.29 is 57.6 Å². The quantitative estimate of drug-likeness (QED) is 0.185. The first-order valence-electron chi connectivity index (χ1n) is 19.9. The Kier molecular flexibility index (Phi) is 11.9. The molecule has 3 unspecified atom stereocenters. The first-order valence-corrected chi connectivity index (χ1v) is 19.9. The van der Waals surface area contributed by atoms with Crippen LogP contribution < -0.4 is 10.1 Å². The van der Waals surface area contributed by atoms with Crippen molar-refractivity contribution in [2.75, 3.05) is 20.3 Å². The molecule has 15 heteroatoms. The van der Waals surface area contributed by atoms with E-state index in [0.717, 1.165) is 32.7 Å². The Morgan fingerprint density at radius 2 is 1.67 bits per heavy atom. The zero-order valence-electron chi connectivity index (χ0n) is 34.3. The molecule has 0 aromatic heterocycles. The molecule has 6 atom stereocenters. The van der Waals surface area contributed by atoms with Gasteiger partial charge >= 0.3 is 24.1 Å². The highest BCUT2D eigenvalue weighted by Gasteiger charge is 2.44. The lowest BCUT2D eigenvalue weighted by Crippen LogP contribution is -2.55. The Morgan fingerprint density at radius 3 is 2.33 bits per heavy atom. The number of hydrogen-bond acceptors (Lipinski definition) is 11. The molecule has 2 N–H and O–H groups in total. The molecule has 2 fully saturated rings. The Hall–Kier alpha value is -5.47. The first kappa shape index (κ1) is 42.1. The fraction of sp³-hybridized carbons (Fsp3) is 0.558. The molecular weight excluding hydrogens is 750 g/mol. The minimum Gasteiger partial charge on any atom is -0.488 e. The number of carboxylic acid groups (broad SMARTS) is 1. The molecule has 58 heavy (non-hydrogen) atoms. The van der Waals surface area contributed by atoms with Crippen molar-refractivity contribution in [1.82, 2.24) is 15.1 Å². The van der Waals surface area contributed by atoms with Crippen LogP contribution >= 0.6 is 0 Å². The summed E-state index contributed by atoms with van der Waals surface area (Å²) >= 11 is 0. The van der Waals surface area contributed by atoms with E-state index in [-0.39, 0.29) is 43.2 Å². The van der Waals surface area contributed by atoms with Gasteiger partial charge in [0.15, 0.2) is 18.5 Å². The number of alkyl carbamates (subject to hydrolysis) is 1. The number of ketones is 2. The molecule has 0 bridgehead atoms. The van der Waals surface area contributed by atoms with Crippen LogP contribution in [0.15, 0.2) is 24.3 Å². The van der Waals surface area contributed by atoms with Crippen molar-refractivity contribution >= 4 is 41.6 Å². The van der Waals surface area contributed by atoms with Crippen LogP contribution in [0.25, 0.3) is 11.1 Å². The molecule has 15 nitrogen and oxygen atoms in total. The minimum absolute atomic E-state index is 0.00816. The number of methoxy groups -OCH3 is 1. The van der Waals surface area contributed by atoms with Gasteiger partial charge in [0.2, 0.25) is 11.7 Å². The van der Waals surface area contributed by atoms with Gasteiger partial charge in [0.1, 0.15) is 30.5 Å². The molecule has 2 aromatic carbocycles. The zero-order chi connectivity index (χ0) is 42.4. The average Bonchev–Trinajstić information content (AvgIpc) is 3.77. The van der Waals surface area contributed by atoms with E-state index >= 15 is 0 Å². The summed E-state index contributed by atoms with van der Waals surface area (Å²) in [5.74, 6) is -2.48. The molecule has 2 aromatic rings. The lowest BCUT2D eigenvalue weighted by molar-refractivity contribution is -0.154. The second kappa shape index (κ2) is 16.4. The number of ether oxygens (including phenoxy) is 4. The lowest BCUT2D eigenvalue weighted by atomic mass is 9.76. The third-order valence-corrected chi connectivity index (χ3v) is 11.7. The van der Waals surface area contributed by atoms with Gasteiger partial charge in [0.05, 0.1) is 7.11 Å². The molecule has 4 aliphatic rings. The maximum Gasteiger partial charge on any atom is 0.408 e. The van der Waals surface area contributed by atoms with Gasteiger partial charge in [-0.3, -0.25) is 19.3 Å². The van der Waals surface area contributed by atoms with Gasteiger partial charge in [-0.25, -0.2) is 19.2 Å². The Balaban J connectivity index is 1.19. The number of fused-ring (bicyclic) bond motifs is 4. The number of hydrogen-bond donors (Lipinski definition) is 2. The van der Waals surface area contributed by atoms with Crippen molar-refractivity contribution in [1.29, 1.82) is 0 Å². The third-order valence-electron chi connectivity index (χ3n) is 11.7. The fourth-order valence-corrected chi connectivity index (χ4v) is 8.58. The molecule has 3 aliphatic heterocycles. The second-order valence-corrected chi connectivity index (χ2v) is 17.3. The standard InChI is InChI=1S/C43H53N3O12/c1-21(2)36(44-41(52)55-8)38(49)46-23(4)9-11-30(46)39(50)57-20-32(47)25-14-26-19-56-34-17-27-24(15-28(34)35(26)29(16-25)43(5,6)7)10-12-33(37(27)48)58-40(51)31-13-22(3)18-45(31)42(53)54/h14-17,21-23,30-31,33,36H,9-13,18-20H2,1-8H3,(H,44,52)(H,53,54)/t22?,23-,30-,31?,33?,36-/m0/s1. The molecule has 3 heterocycles. The van der Waals surface area contributed by atoms with Crippen LogP contribution in [0.2, 0.25) is 0 Å². The monoisotopic (exact) mass is 803 g/mol. The number of Topliss-reactive ketones (excluding diaryl/α,β-unsaturated/α-hetero) is 2. The van der Waals surface area contributed by atoms with Crippen molar-refractivity contribution in [3.8, 4) is 16.9 Å². The van der Waals surface area contributed by atoms with Gasteiger partial charge in [0.25, 0.3) is 0 Å². The van der Waals surface area contributed by atoms with E-state index in [0.29, 0.717) is 42.6 Å². The summed E-state index contributed by atoms with van der Waals surface area (Å²) < 4.78 is 22.1. The molecular formula is C43H53N3O12. The van der Waals surface area contributed by atoms with E-state index < -0.39 is 72.1 Å². The smallest absolute Gasteiger partial charge is 0.408 e. The van der Waals surface area contributed by atoms with Crippen LogP contribution in [-0.2, 0) is 47.0 Å². The van der Waals surface area contributed by atoms with E-state index in [9.17, 15) is 38.7 Å². The number of carbonyl (C=O) groups is 7. The van der Waals surface area contributed by atoms with Crippen LogP contribution in [0.3, 0.4) is 0 Å². The SMILES string of the molecule is COC(=O)N[C@H](C(=O)N1[C@@H](C)CC[C@H]1C(=O)OCC(=O)c1cc2c(c(C(C)(C)C)c1)-c1cc3c(cc1OC2)C(=O)C(OC(=O)C1CC(C)CN1C(=O)O)CC3)C(C)C. The lowest BCUT2D eigenvalue weighted by Gasteiger charge is -2.32. The zero-order valence-corrected chi connectivity index (χ0v) is 34.3. The number of benzene rings is 2. The normalized spacial score (nSPS) is 22.9. The fourth-order valence-electron chi connectivity index (χ4n) is 8.58. The van der Waals surface area contributed by atoms with Gasteiger partial charge in [-0.15, -0.1) is 0 Å². The van der Waals surface area contributed by atoms with E-state index in [1.54, 1.807) is 32.0 Å². The maximum atomic E-state index is 13.7. The van der Waals surface area contributed by atoms with Crippen LogP contribution in [0.5, 0.6) is 5.75 Å². The molecule has 6 rings (SSSR count). The number of nitrogens with one attached hydrogen (secondary N) is 1. The summed E-state index contributed by atoms with van der Waals surface area (Å²) in [5.41, 5.74) is 4.25. The molecule has 0 radical (unpaired) electrons. The topological polar surface area (TPSA) is 195 Å². The summed E-state index contributed by atoms with van der Waals surface area (Å²) in [5, 5.41) is 12.1. The Bertz CT molecular complexity index is 2040. The highest BCUT2D eigenvalue weighted by Crippen LogP contribution is 2.46. The summed E-state index contributed by atoms with van der Waals surface area (Å²) in [7, 11) is 1.21. The summed E-state index contributed by atoms with van der Waals surface area (Å²) in [6.07, 6.45) is -1.11. The van der Waals surface area contributed by atoms with Crippen molar-refractivity contribution in [3.05, 3.63) is 52.1 Å². The van der Waals surface area contributed by atoms with Gasteiger partial charge in [-0.2, -0.15) is 0 Å². The van der Waals surface area contributed by atoms with E-state index in [1.807, 2.05) is 40.7 Å². The van der Waals surface area contributed by atoms with Gasteiger partial charge < -0.3 is 34.3 Å². The Labute approximate surface area is 337 Å². The average molecular weight is 804 g/mol. The largest absolute Gasteiger partial charge is 0.488 e.